The van der Waals surface area contributed by atoms with Crippen LogP contribution in [-0.2, 0) is 4.74 Å². The van der Waals surface area contributed by atoms with Gasteiger partial charge in [0, 0.05) is 26.2 Å². The number of aliphatic imine (C=N–C) groups is 1. The molecule has 1 heterocycles. The average Bonchev–Trinajstić information content (AvgIpc) is 2.45. The molecule has 5 nitrogen and oxygen atoms in total. The maximum atomic E-state index is 5.32. The lowest BCUT2D eigenvalue weighted by Crippen LogP contribution is -2.39. The Hall–Kier alpha value is -0.810. The van der Waals surface area contributed by atoms with Crippen LogP contribution in [0.4, 0.5) is 0 Å². The zero-order valence-corrected chi connectivity index (χ0v) is 13.5. The average molecular weight is 284 g/mol. The lowest BCUT2D eigenvalue weighted by atomic mass is 9.94. The zero-order valence-electron chi connectivity index (χ0n) is 13.5. The SMILES string of the molecule is CCNC(=NCCC1CCN(C)CC1)NCCOCC. The molecule has 0 radical (unpaired) electrons. The summed E-state index contributed by atoms with van der Waals surface area (Å²) in [6.45, 7) is 10.7. The number of hydrogen-bond donors (Lipinski definition) is 2. The van der Waals surface area contributed by atoms with Gasteiger partial charge in [-0.25, -0.2) is 0 Å². The van der Waals surface area contributed by atoms with Gasteiger partial charge in [0.25, 0.3) is 0 Å². The molecule has 0 amide bonds. The van der Waals surface area contributed by atoms with E-state index in [9.17, 15) is 0 Å². The highest BCUT2D eigenvalue weighted by Crippen LogP contribution is 2.19. The first-order chi connectivity index (χ1) is 9.76. The molecule has 0 aromatic carbocycles. The standard InChI is InChI=1S/C15H32N4O/c1-4-16-15(18-10-13-20-5-2)17-9-6-14-7-11-19(3)12-8-14/h14H,4-13H2,1-3H3,(H2,16,17,18). The Morgan fingerprint density at radius 1 is 1.25 bits per heavy atom. The molecule has 1 rings (SSSR count). The predicted molar refractivity (Wildman–Crippen MR) is 85.3 cm³/mol. The lowest BCUT2D eigenvalue weighted by Gasteiger charge is -2.28. The second-order valence-electron chi connectivity index (χ2n) is 5.42. The minimum Gasteiger partial charge on any atom is -0.380 e. The van der Waals surface area contributed by atoms with Crippen LogP contribution < -0.4 is 10.6 Å². The van der Waals surface area contributed by atoms with Gasteiger partial charge < -0.3 is 20.3 Å². The molecular formula is C15H32N4O. The first-order valence-electron chi connectivity index (χ1n) is 8.04. The molecule has 20 heavy (non-hydrogen) atoms. The van der Waals surface area contributed by atoms with Crippen LogP contribution in [0.3, 0.4) is 0 Å². The van der Waals surface area contributed by atoms with Crippen LogP contribution in [0, 0.1) is 5.92 Å². The van der Waals surface area contributed by atoms with Crippen molar-refractivity contribution in [2.75, 3.05) is 53.0 Å². The van der Waals surface area contributed by atoms with E-state index in [-0.39, 0.29) is 0 Å². The monoisotopic (exact) mass is 284 g/mol. The molecule has 0 unspecified atom stereocenters. The molecule has 118 valence electrons. The molecule has 1 aliphatic rings. The minimum absolute atomic E-state index is 0.732. The van der Waals surface area contributed by atoms with Gasteiger partial charge in [-0.3, -0.25) is 4.99 Å². The van der Waals surface area contributed by atoms with E-state index in [0.29, 0.717) is 0 Å². The number of nitrogens with zero attached hydrogens (tertiary/aromatic N) is 2. The summed E-state index contributed by atoms with van der Waals surface area (Å²) >= 11 is 0. The summed E-state index contributed by atoms with van der Waals surface area (Å²) in [5, 5.41) is 6.59. The van der Waals surface area contributed by atoms with E-state index in [2.05, 4.69) is 34.5 Å². The number of piperidine rings is 1. The maximum Gasteiger partial charge on any atom is 0.191 e. The first kappa shape index (κ1) is 17.2. The molecule has 0 aromatic rings. The minimum atomic E-state index is 0.732. The van der Waals surface area contributed by atoms with Crippen molar-refractivity contribution in [3.05, 3.63) is 0 Å². The van der Waals surface area contributed by atoms with E-state index in [0.717, 1.165) is 44.7 Å². The van der Waals surface area contributed by atoms with Gasteiger partial charge in [0.05, 0.1) is 6.61 Å². The molecular weight excluding hydrogens is 252 g/mol. The van der Waals surface area contributed by atoms with Gasteiger partial charge in [0.15, 0.2) is 5.96 Å². The number of likely N-dealkylation sites (tertiary alicyclic amines) is 1. The van der Waals surface area contributed by atoms with Crippen molar-refractivity contribution in [3.8, 4) is 0 Å². The molecule has 1 saturated heterocycles. The molecule has 0 aromatic heterocycles. The summed E-state index contributed by atoms with van der Waals surface area (Å²) in [6, 6.07) is 0. The highest BCUT2D eigenvalue weighted by Gasteiger charge is 2.15. The van der Waals surface area contributed by atoms with Gasteiger partial charge in [0.2, 0.25) is 0 Å². The van der Waals surface area contributed by atoms with Crippen LogP contribution in [0.5, 0.6) is 0 Å². The fourth-order valence-electron chi connectivity index (χ4n) is 2.44. The summed E-state index contributed by atoms with van der Waals surface area (Å²) in [6.07, 6.45) is 3.84. The van der Waals surface area contributed by atoms with Gasteiger partial charge in [-0.15, -0.1) is 0 Å². The van der Waals surface area contributed by atoms with Crippen molar-refractivity contribution in [1.82, 2.24) is 15.5 Å². The normalized spacial score (nSPS) is 18.2. The highest BCUT2D eigenvalue weighted by atomic mass is 16.5. The Labute approximate surface area is 124 Å². The molecule has 1 aliphatic heterocycles. The second-order valence-corrected chi connectivity index (χ2v) is 5.42. The third-order valence-corrected chi connectivity index (χ3v) is 3.73. The zero-order chi connectivity index (χ0) is 14.6. The van der Waals surface area contributed by atoms with Gasteiger partial charge in [-0.05, 0) is 59.2 Å². The van der Waals surface area contributed by atoms with E-state index in [1.165, 1.54) is 32.4 Å². The van der Waals surface area contributed by atoms with Crippen LogP contribution in [0.25, 0.3) is 0 Å². The number of ether oxygens (including phenoxy) is 1. The van der Waals surface area contributed by atoms with Crippen LogP contribution in [0.1, 0.15) is 33.1 Å². The van der Waals surface area contributed by atoms with Crippen molar-refractivity contribution < 1.29 is 4.74 Å². The number of guanidine groups is 1. The predicted octanol–water partition coefficient (Wildman–Crippen LogP) is 1.31. The molecule has 0 bridgehead atoms. The number of hydrogen-bond acceptors (Lipinski definition) is 3. The van der Waals surface area contributed by atoms with Crippen LogP contribution in [0.2, 0.25) is 0 Å². The van der Waals surface area contributed by atoms with E-state index in [1.54, 1.807) is 0 Å². The van der Waals surface area contributed by atoms with Gasteiger partial charge in [-0.1, -0.05) is 0 Å². The van der Waals surface area contributed by atoms with Gasteiger partial charge in [-0.2, -0.15) is 0 Å². The Bertz CT molecular complexity index is 263. The van der Waals surface area contributed by atoms with Crippen LogP contribution in [-0.4, -0.2) is 63.8 Å². The molecule has 0 aliphatic carbocycles. The summed E-state index contributed by atoms with van der Waals surface area (Å²) in [7, 11) is 2.21. The van der Waals surface area contributed by atoms with Crippen molar-refractivity contribution in [1.29, 1.82) is 0 Å². The Morgan fingerprint density at radius 2 is 2.00 bits per heavy atom. The first-order valence-corrected chi connectivity index (χ1v) is 8.04. The van der Waals surface area contributed by atoms with Crippen LogP contribution in [0.15, 0.2) is 4.99 Å². The Balaban J connectivity index is 2.20. The molecule has 1 fully saturated rings. The molecule has 0 saturated carbocycles. The fourth-order valence-corrected chi connectivity index (χ4v) is 2.44. The van der Waals surface area contributed by atoms with Crippen LogP contribution >= 0.6 is 0 Å². The van der Waals surface area contributed by atoms with Gasteiger partial charge >= 0.3 is 0 Å². The van der Waals surface area contributed by atoms with E-state index in [4.69, 9.17) is 4.74 Å². The Morgan fingerprint density at radius 3 is 2.65 bits per heavy atom. The second kappa shape index (κ2) is 10.9. The molecule has 0 spiro atoms. The third-order valence-electron chi connectivity index (χ3n) is 3.73. The number of rotatable bonds is 8. The van der Waals surface area contributed by atoms with E-state index in [1.807, 2.05) is 6.92 Å². The van der Waals surface area contributed by atoms with Gasteiger partial charge in [0.1, 0.15) is 0 Å². The molecule has 0 atom stereocenters. The van der Waals surface area contributed by atoms with E-state index >= 15 is 0 Å². The van der Waals surface area contributed by atoms with E-state index < -0.39 is 0 Å². The highest BCUT2D eigenvalue weighted by molar-refractivity contribution is 5.79. The smallest absolute Gasteiger partial charge is 0.191 e. The largest absolute Gasteiger partial charge is 0.380 e. The fraction of sp³-hybridized carbons (Fsp3) is 0.933. The summed E-state index contributed by atoms with van der Waals surface area (Å²) in [4.78, 5) is 7.07. The van der Waals surface area contributed by atoms with Crippen molar-refractivity contribution in [2.45, 2.75) is 33.1 Å². The lowest BCUT2D eigenvalue weighted by molar-refractivity contribution is 0.152. The number of nitrogens with one attached hydrogen (secondary N) is 2. The summed E-state index contributed by atoms with van der Waals surface area (Å²) < 4.78 is 5.32. The summed E-state index contributed by atoms with van der Waals surface area (Å²) in [5.41, 5.74) is 0. The quantitative estimate of drug-likeness (QED) is 0.401. The van der Waals surface area contributed by atoms with Crippen molar-refractivity contribution in [2.24, 2.45) is 10.9 Å². The topological polar surface area (TPSA) is 48.9 Å². The van der Waals surface area contributed by atoms with Crippen molar-refractivity contribution >= 4 is 5.96 Å². The Kier molecular flexibility index (Phi) is 9.41. The summed E-state index contributed by atoms with van der Waals surface area (Å²) in [5.74, 6) is 1.77. The maximum absolute atomic E-state index is 5.32. The molecule has 2 N–H and O–H groups in total. The van der Waals surface area contributed by atoms with Crippen molar-refractivity contribution in [3.63, 3.8) is 0 Å². The molecule has 5 heteroatoms. The third kappa shape index (κ3) is 7.70.